The van der Waals surface area contributed by atoms with E-state index in [1.54, 1.807) is 0 Å². The van der Waals surface area contributed by atoms with Crippen LogP contribution < -0.4 is 4.90 Å². The third-order valence-electron chi connectivity index (χ3n) is 4.30. The Bertz CT molecular complexity index is 652. The predicted octanol–water partition coefficient (Wildman–Crippen LogP) is 4.87. The van der Waals surface area contributed by atoms with E-state index in [0.29, 0.717) is 0 Å². The Morgan fingerprint density at radius 3 is 1.38 bits per heavy atom. The van der Waals surface area contributed by atoms with E-state index in [1.807, 2.05) is 0 Å². The molecule has 1 fully saturated rings. The molecule has 0 bridgehead atoms. The summed E-state index contributed by atoms with van der Waals surface area (Å²) in [7, 11) is -3.01. The Kier molecular flexibility index (Phi) is 30.4. The van der Waals surface area contributed by atoms with Crippen LogP contribution in [0.15, 0.2) is 0 Å². The summed E-state index contributed by atoms with van der Waals surface area (Å²) in [6.07, 6.45) is 4.01. The molecule has 1 unspecified atom stereocenters. The fourth-order valence-corrected chi connectivity index (χ4v) is 21.7. The minimum absolute atomic E-state index is 0. The van der Waals surface area contributed by atoms with Gasteiger partial charge >= 0.3 is 56.5 Å². The van der Waals surface area contributed by atoms with Gasteiger partial charge in [-0.25, -0.2) is 4.75 Å². The van der Waals surface area contributed by atoms with Crippen LogP contribution in [0.2, 0.25) is 39.3 Å². The number of aryl methyl sites for hydroxylation is 1. The van der Waals surface area contributed by atoms with Crippen molar-refractivity contribution in [2.75, 3.05) is 18.0 Å². The number of anilines is 1. The third kappa shape index (κ3) is 15.2. The first-order valence-electron chi connectivity index (χ1n) is 9.31. The van der Waals surface area contributed by atoms with Crippen molar-refractivity contribution in [1.29, 1.82) is 0 Å². The van der Waals surface area contributed by atoms with Crippen LogP contribution in [-0.4, -0.2) is 38.7 Å². The molecule has 1 aliphatic rings. The second kappa shape index (κ2) is 23.4. The van der Waals surface area contributed by atoms with Gasteiger partial charge in [0.2, 0.25) is 0 Å². The van der Waals surface area contributed by atoms with Crippen molar-refractivity contribution in [3.8, 4) is 0 Å². The van der Waals surface area contributed by atoms with Crippen LogP contribution in [0.5, 0.6) is 0 Å². The molecule has 1 aromatic heterocycles. The van der Waals surface area contributed by atoms with Crippen molar-refractivity contribution >= 4 is 29.8 Å². The maximum atomic E-state index is 7.50. The van der Waals surface area contributed by atoms with Crippen molar-refractivity contribution in [3.05, 3.63) is 38.9 Å². The zero-order chi connectivity index (χ0) is 25.8. The Balaban J connectivity index is -0.000000195. The molecule has 2 rings (SSSR count). The summed E-state index contributed by atoms with van der Waals surface area (Å²) in [6.45, 7) is 42.1. The van der Waals surface area contributed by atoms with Crippen molar-refractivity contribution in [1.82, 2.24) is 9.49 Å². The summed E-state index contributed by atoms with van der Waals surface area (Å²) in [5.74, 6) is 1.24. The van der Waals surface area contributed by atoms with E-state index in [1.165, 1.54) is 43.9 Å². The molecule has 32 heavy (non-hydrogen) atoms. The largest absolute Gasteiger partial charge is 0 e. The first-order valence-corrected chi connectivity index (χ1v) is 17.8. The molecule has 176 valence electrons. The van der Waals surface area contributed by atoms with Crippen molar-refractivity contribution in [2.24, 2.45) is 0 Å². The summed E-state index contributed by atoms with van der Waals surface area (Å²) < 4.78 is 47.8. The molecule has 0 aliphatic carbocycles. The fraction of sp³-hybridized carbons (Fsp3) is 0.650. The van der Waals surface area contributed by atoms with E-state index in [9.17, 15) is 0 Å². The molecule has 0 saturated carbocycles. The second-order valence-electron chi connectivity index (χ2n) is 8.61. The standard InChI is InChI=1S/C15H32N3PSi2.5CO.W/c1-13-14(18-11-9-8-10-12-18)17-19(16-13)15(20(2,3)4)21(5,6)7;5*1-2;/h15H,8-12H2,1-7H3;;;;;;. The first-order chi connectivity index (χ1) is 14.6. The molecular weight excluding hydrogens is 633 g/mol. The van der Waals surface area contributed by atoms with E-state index >= 15 is 0 Å². The van der Waals surface area contributed by atoms with Crippen LogP contribution in [0, 0.1) is 40.2 Å². The van der Waals surface area contributed by atoms with Gasteiger partial charge in [-0.3, -0.25) is 0 Å². The number of piperidine rings is 1. The van der Waals surface area contributed by atoms with Crippen molar-refractivity contribution < 1.29 is 44.3 Å². The third-order valence-corrected chi connectivity index (χ3v) is 20.2. The molecular formula is C20H32N3O5PSi2W. The minimum atomic E-state index is -1.24. The van der Waals surface area contributed by atoms with Crippen molar-refractivity contribution in [3.63, 3.8) is 0 Å². The summed E-state index contributed by atoms with van der Waals surface area (Å²) in [4.78, 5) is 3.29. The van der Waals surface area contributed by atoms with Gasteiger partial charge in [0.15, 0.2) is 5.82 Å². The van der Waals surface area contributed by atoms with E-state index in [4.69, 9.17) is 32.8 Å². The van der Waals surface area contributed by atoms with Crippen LogP contribution in [0.1, 0.15) is 29.9 Å². The van der Waals surface area contributed by atoms with Gasteiger partial charge in [-0.1, -0.05) is 39.3 Å². The first kappa shape index (κ1) is 41.5. The van der Waals surface area contributed by atoms with Crippen LogP contribution in [0.3, 0.4) is 0 Å². The molecule has 0 amide bonds. The van der Waals surface area contributed by atoms with Crippen LogP contribution in [-0.2, 0) is 44.3 Å². The maximum absolute atomic E-state index is 7.50. The van der Waals surface area contributed by atoms with Crippen molar-refractivity contribution in [2.45, 2.75) is 70.4 Å². The van der Waals surface area contributed by atoms with E-state index < -0.39 is 24.0 Å². The molecule has 0 radical (unpaired) electrons. The molecule has 1 saturated heterocycles. The Morgan fingerprint density at radius 2 is 1.06 bits per heavy atom. The number of aromatic nitrogens is 2. The van der Waals surface area contributed by atoms with Gasteiger partial charge < -0.3 is 4.90 Å². The minimum Gasteiger partial charge on any atom is 0 e. The number of nitrogens with zero attached hydrogens (tertiary/aromatic N) is 3. The second-order valence-corrected chi connectivity index (χ2v) is 22.3. The quantitative estimate of drug-likeness (QED) is 0.259. The normalized spacial score (nSPS) is 12.4. The van der Waals surface area contributed by atoms with E-state index in [0.717, 1.165) is 4.91 Å². The summed E-state index contributed by atoms with van der Waals surface area (Å²) in [5.41, 5.74) is 1.21. The van der Waals surface area contributed by atoms with Crippen LogP contribution >= 0.6 is 7.85 Å². The summed E-state index contributed by atoms with van der Waals surface area (Å²) >= 11 is 0. The van der Waals surface area contributed by atoms with Gasteiger partial charge in [0.25, 0.3) is 0 Å². The molecule has 2 heterocycles. The summed E-state index contributed by atoms with van der Waals surface area (Å²) in [6, 6.07) is 0. The van der Waals surface area contributed by atoms with Gasteiger partial charge in [-0.05, 0) is 26.2 Å². The molecule has 1 aromatic rings. The van der Waals surface area contributed by atoms with Gasteiger partial charge in [0.05, 0.1) is 29.7 Å². The summed E-state index contributed by atoms with van der Waals surface area (Å²) in [5, 5.41) is 0. The van der Waals surface area contributed by atoms with Gasteiger partial charge in [-0.2, -0.15) is 4.75 Å². The number of hydrogen-bond donors (Lipinski definition) is 0. The zero-order valence-electron chi connectivity index (χ0n) is 19.9. The van der Waals surface area contributed by atoms with Crippen LogP contribution in [0.25, 0.3) is 0 Å². The Labute approximate surface area is 210 Å². The average Bonchev–Trinajstić information content (AvgIpc) is 3.14. The predicted molar refractivity (Wildman–Crippen MR) is 121 cm³/mol. The zero-order valence-corrected chi connectivity index (χ0v) is 25.7. The Morgan fingerprint density at radius 1 is 0.719 bits per heavy atom. The molecule has 8 nitrogen and oxygen atoms in total. The molecule has 12 heteroatoms. The number of rotatable bonds is 4. The molecule has 1 aliphatic heterocycles. The topological polar surface area (TPSA) is 129 Å². The maximum Gasteiger partial charge on any atom is 0 e. The van der Waals surface area contributed by atoms with Crippen LogP contribution in [0.4, 0.5) is 5.82 Å². The molecule has 1 atom stereocenters. The van der Waals surface area contributed by atoms with Gasteiger partial charge in [0, 0.05) is 39.1 Å². The van der Waals surface area contributed by atoms with Gasteiger partial charge in [-0.15, -0.1) is 0 Å². The molecule has 0 aromatic carbocycles. The average molecular weight is 665 g/mol. The van der Waals surface area contributed by atoms with E-state index in [-0.39, 0.29) is 21.1 Å². The molecule has 0 spiro atoms. The molecule has 0 N–H and O–H groups in total. The SMILES string of the molecule is Cc1np(C([Si](C)(C)C)[Si](C)(C)C)nc1N1CCCCC1.[C-]#[O+].[C-]#[O+].[C-]#[O+].[C-]#[O+].[C-]#[O+].[W]. The Hall–Kier alpha value is -0.738. The monoisotopic (exact) mass is 665 g/mol. The van der Waals surface area contributed by atoms with E-state index in [2.05, 4.69) is 84.4 Å². The van der Waals surface area contributed by atoms with Gasteiger partial charge in [0.1, 0.15) is 0 Å². The fourth-order valence-electron chi connectivity index (χ4n) is 3.90. The smallest absolute Gasteiger partial charge is 0 e. The number of hydrogen-bond acceptors (Lipinski definition) is 3.